The van der Waals surface area contributed by atoms with Crippen molar-refractivity contribution >= 4 is 34.8 Å². The number of halogens is 3. The number of benzene rings is 1. The molecule has 0 aliphatic heterocycles. The molecule has 0 fully saturated rings. The van der Waals surface area contributed by atoms with Gasteiger partial charge in [-0.05, 0) is 12.1 Å². The van der Waals surface area contributed by atoms with E-state index in [0.717, 1.165) is 0 Å². The topological polar surface area (TPSA) is 54.6 Å². The van der Waals surface area contributed by atoms with Crippen LogP contribution in [0.2, 0.25) is 15.1 Å². The van der Waals surface area contributed by atoms with Gasteiger partial charge in [0.25, 0.3) is 0 Å². The minimum Gasteiger partial charge on any atom is -0.870 e. The first kappa shape index (κ1) is 15.3. The van der Waals surface area contributed by atoms with Crippen molar-refractivity contribution in [2.24, 2.45) is 0 Å². The van der Waals surface area contributed by atoms with E-state index in [9.17, 15) is 5.11 Å². The Labute approximate surface area is 107 Å². The molecule has 6 heteroatoms. The van der Waals surface area contributed by atoms with Crippen LogP contribution in [0.5, 0.6) is 5.75 Å². The predicted octanol–water partition coefficient (Wildman–Crippen LogP) is -1.10. The summed E-state index contributed by atoms with van der Waals surface area (Å²) in [6, 6.07) is 2.72. The van der Waals surface area contributed by atoms with Crippen LogP contribution in [0.15, 0.2) is 12.1 Å². The fraction of sp³-hybridized carbons (Fsp3) is 0. The second kappa shape index (κ2) is 6.33. The number of hydrogen-bond donors (Lipinski definition) is 0. The van der Waals surface area contributed by atoms with Gasteiger partial charge in [-0.1, -0.05) is 40.6 Å². The first-order valence-corrected chi connectivity index (χ1v) is 3.56. The van der Waals surface area contributed by atoms with Gasteiger partial charge in [0.2, 0.25) is 0 Å². The third kappa shape index (κ3) is 3.71. The van der Waals surface area contributed by atoms with E-state index in [1.807, 2.05) is 0 Å². The van der Waals surface area contributed by atoms with E-state index in [1.165, 1.54) is 12.1 Å². The monoisotopic (exact) mass is 236 g/mol. The molecule has 1 aromatic rings. The maximum absolute atomic E-state index is 10.8. The van der Waals surface area contributed by atoms with Gasteiger partial charge in [-0.25, -0.2) is 0 Å². The maximum atomic E-state index is 10.8. The van der Waals surface area contributed by atoms with Crippen LogP contribution in [0.1, 0.15) is 0 Å². The zero-order valence-corrected chi connectivity index (χ0v) is 10.5. The molecule has 0 atom stereocenters. The summed E-state index contributed by atoms with van der Waals surface area (Å²) in [5.74, 6) is -0.382. The molecular formula is C6H4Cl3NaO2. The van der Waals surface area contributed by atoms with Crippen LogP contribution in [0.3, 0.4) is 0 Å². The van der Waals surface area contributed by atoms with Crippen molar-refractivity contribution in [2.45, 2.75) is 0 Å². The molecule has 0 amide bonds. The van der Waals surface area contributed by atoms with Crippen molar-refractivity contribution in [1.82, 2.24) is 0 Å². The third-order valence-corrected chi connectivity index (χ3v) is 1.74. The van der Waals surface area contributed by atoms with Gasteiger partial charge in [0.05, 0.1) is 0 Å². The Balaban J connectivity index is 0. The molecule has 0 radical (unpaired) electrons. The van der Waals surface area contributed by atoms with Crippen LogP contribution in [0, 0.1) is 0 Å². The van der Waals surface area contributed by atoms with Crippen LogP contribution in [0.25, 0.3) is 0 Å². The molecule has 2 N–H and O–H groups in total. The average molecular weight is 237 g/mol. The molecule has 0 saturated carbocycles. The van der Waals surface area contributed by atoms with E-state index < -0.39 is 0 Å². The first-order valence-electron chi connectivity index (χ1n) is 2.43. The Kier molecular flexibility index (Phi) is 8.08. The Morgan fingerprint density at radius 2 is 1.33 bits per heavy atom. The second-order valence-corrected chi connectivity index (χ2v) is 2.95. The van der Waals surface area contributed by atoms with E-state index in [4.69, 9.17) is 34.8 Å². The molecule has 0 aliphatic rings. The van der Waals surface area contributed by atoms with Crippen LogP contribution in [-0.4, -0.2) is 5.48 Å². The number of hydrogen-bond acceptors (Lipinski definition) is 1. The quantitative estimate of drug-likeness (QED) is 0.529. The van der Waals surface area contributed by atoms with Crippen molar-refractivity contribution < 1.29 is 40.1 Å². The predicted molar refractivity (Wildman–Crippen MR) is 44.5 cm³/mol. The van der Waals surface area contributed by atoms with Crippen LogP contribution >= 0.6 is 34.8 Å². The van der Waals surface area contributed by atoms with E-state index in [-0.39, 0.29) is 50.8 Å². The van der Waals surface area contributed by atoms with Gasteiger partial charge in [-0.15, -0.1) is 0 Å². The van der Waals surface area contributed by atoms with Gasteiger partial charge in [-0.3, -0.25) is 0 Å². The van der Waals surface area contributed by atoms with Crippen molar-refractivity contribution in [1.29, 1.82) is 0 Å². The molecule has 0 unspecified atom stereocenters. The van der Waals surface area contributed by atoms with Crippen LogP contribution < -0.4 is 34.7 Å². The van der Waals surface area contributed by atoms with Gasteiger partial charge in [-0.2, -0.15) is 0 Å². The molecule has 62 valence electrons. The Morgan fingerprint density at radius 3 is 1.67 bits per heavy atom. The summed E-state index contributed by atoms with van der Waals surface area (Å²) in [6.07, 6.45) is 0. The van der Waals surface area contributed by atoms with E-state index in [2.05, 4.69) is 0 Å². The largest absolute Gasteiger partial charge is 1.00 e. The summed E-state index contributed by atoms with van der Waals surface area (Å²) >= 11 is 16.4. The molecule has 0 heterocycles. The second-order valence-electron chi connectivity index (χ2n) is 1.70. The van der Waals surface area contributed by atoms with Gasteiger partial charge >= 0.3 is 29.6 Å². The zero-order valence-electron chi connectivity index (χ0n) is 6.20. The van der Waals surface area contributed by atoms with Crippen molar-refractivity contribution in [2.75, 3.05) is 0 Å². The van der Waals surface area contributed by atoms with E-state index >= 15 is 0 Å². The molecule has 2 nitrogen and oxygen atoms in total. The van der Waals surface area contributed by atoms with Gasteiger partial charge in [0, 0.05) is 15.1 Å². The molecule has 0 aromatic heterocycles. The van der Waals surface area contributed by atoms with Gasteiger partial charge in [0.15, 0.2) is 0 Å². The minimum atomic E-state index is -0.382. The molecule has 12 heavy (non-hydrogen) atoms. The van der Waals surface area contributed by atoms with E-state index in [1.54, 1.807) is 0 Å². The number of rotatable bonds is 0. The molecule has 1 rings (SSSR count). The smallest absolute Gasteiger partial charge is 0.870 e. The summed E-state index contributed by atoms with van der Waals surface area (Å²) in [6.45, 7) is 0. The molecule has 0 aliphatic carbocycles. The molecule has 0 bridgehead atoms. The van der Waals surface area contributed by atoms with Crippen LogP contribution in [-0.2, 0) is 0 Å². The Morgan fingerprint density at radius 1 is 1.00 bits per heavy atom. The third-order valence-electron chi connectivity index (χ3n) is 0.963. The standard InChI is InChI=1S/C6H3Cl3O.Na.H2O/c7-3-1-4(8)6(10)5(9)2-3;;/h1-2,10H;;1H2/q;+1;/p-1. The average Bonchev–Trinajstić information content (AvgIpc) is 1.82. The molecular weight excluding hydrogens is 233 g/mol. The summed E-state index contributed by atoms with van der Waals surface area (Å²) in [5.41, 5.74) is 0. The molecule has 0 spiro atoms. The summed E-state index contributed by atoms with van der Waals surface area (Å²) in [7, 11) is 0. The minimum absolute atomic E-state index is 0. The van der Waals surface area contributed by atoms with Gasteiger partial charge < -0.3 is 10.6 Å². The van der Waals surface area contributed by atoms with E-state index in [0.29, 0.717) is 5.02 Å². The first-order chi connectivity index (χ1) is 4.61. The fourth-order valence-electron chi connectivity index (χ4n) is 0.529. The summed E-state index contributed by atoms with van der Waals surface area (Å²) in [5, 5.41) is 11.3. The Hall–Kier alpha value is 0.850. The summed E-state index contributed by atoms with van der Waals surface area (Å²) < 4.78 is 0. The normalized spacial score (nSPS) is 8.25. The zero-order chi connectivity index (χ0) is 7.72. The van der Waals surface area contributed by atoms with Crippen molar-refractivity contribution in [3.05, 3.63) is 27.2 Å². The van der Waals surface area contributed by atoms with Crippen LogP contribution in [0.4, 0.5) is 0 Å². The van der Waals surface area contributed by atoms with Crippen molar-refractivity contribution in [3.8, 4) is 5.75 Å². The van der Waals surface area contributed by atoms with Gasteiger partial charge in [0.1, 0.15) is 0 Å². The SMILES string of the molecule is O.[Na+].[O-]c1c(Cl)cc(Cl)cc1Cl. The maximum Gasteiger partial charge on any atom is 1.00 e. The molecule has 0 saturated heterocycles. The fourth-order valence-corrected chi connectivity index (χ4v) is 1.35. The Bertz CT molecular complexity index is 244. The molecule has 1 aromatic carbocycles. The summed E-state index contributed by atoms with van der Waals surface area (Å²) in [4.78, 5) is 0. The van der Waals surface area contributed by atoms with Crippen molar-refractivity contribution in [3.63, 3.8) is 0 Å².